The summed E-state index contributed by atoms with van der Waals surface area (Å²) in [5, 5.41) is 2.85. The molecule has 0 unspecified atom stereocenters. The number of thiol groups is 1. The van der Waals surface area contributed by atoms with E-state index in [4.69, 9.17) is 0 Å². The fraction of sp³-hybridized carbons (Fsp3) is 0. The van der Waals surface area contributed by atoms with E-state index in [-0.39, 0.29) is 5.91 Å². The molecule has 2 aromatic rings. The lowest BCUT2D eigenvalue weighted by Gasteiger charge is -2.07. The molecule has 0 saturated heterocycles. The molecule has 1 amide bonds. The maximum atomic E-state index is 12.1. The first kappa shape index (κ1) is 13.9. The Morgan fingerprint density at radius 1 is 1.22 bits per heavy atom. The second kappa shape index (κ2) is 6.08. The molecule has 2 rings (SSSR count). The molecule has 0 saturated carbocycles. The van der Waals surface area contributed by atoms with E-state index in [2.05, 4.69) is 56.5 Å². The maximum Gasteiger partial charge on any atom is 0.256 e. The summed E-state index contributed by atoms with van der Waals surface area (Å²) < 4.78 is 1.98. The van der Waals surface area contributed by atoms with Gasteiger partial charge in [0.25, 0.3) is 5.91 Å². The summed E-state index contributed by atoms with van der Waals surface area (Å²) in [6.45, 7) is 0. The van der Waals surface area contributed by atoms with Crippen LogP contribution >= 0.6 is 51.1 Å². The summed E-state index contributed by atoms with van der Waals surface area (Å²) in [6.07, 6.45) is 0. The molecular formula is C13H9BrINOS. The Balaban J connectivity index is 2.22. The molecule has 5 heteroatoms. The standard InChI is InChI=1S/C13H9BrINOS/c14-8-4-5-11(12(18)6-8)13(17)16-10-3-1-2-9(15)7-10/h1-7,18H,(H,16,17). The van der Waals surface area contributed by atoms with E-state index in [1.165, 1.54) is 0 Å². The predicted octanol–water partition coefficient (Wildman–Crippen LogP) is 4.59. The van der Waals surface area contributed by atoms with Crippen LogP contribution in [0.15, 0.2) is 51.8 Å². The first-order valence-electron chi connectivity index (χ1n) is 5.12. The van der Waals surface area contributed by atoms with E-state index in [0.29, 0.717) is 10.5 Å². The molecule has 0 spiro atoms. The van der Waals surface area contributed by atoms with Gasteiger partial charge >= 0.3 is 0 Å². The molecule has 2 nitrogen and oxygen atoms in total. The highest BCUT2D eigenvalue weighted by molar-refractivity contribution is 14.1. The van der Waals surface area contributed by atoms with Crippen LogP contribution in [-0.2, 0) is 0 Å². The summed E-state index contributed by atoms with van der Waals surface area (Å²) in [7, 11) is 0. The van der Waals surface area contributed by atoms with Gasteiger partial charge in [0.2, 0.25) is 0 Å². The molecule has 0 fully saturated rings. The predicted molar refractivity (Wildman–Crippen MR) is 88.5 cm³/mol. The first-order valence-corrected chi connectivity index (χ1v) is 7.43. The molecule has 0 aliphatic rings. The van der Waals surface area contributed by atoms with Crippen molar-refractivity contribution in [3.05, 3.63) is 56.1 Å². The monoisotopic (exact) mass is 433 g/mol. The fourth-order valence-electron chi connectivity index (χ4n) is 1.46. The van der Waals surface area contributed by atoms with Crippen LogP contribution in [0.4, 0.5) is 5.69 Å². The molecule has 2 aromatic carbocycles. The average molecular weight is 434 g/mol. The molecule has 0 radical (unpaired) electrons. The Morgan fingerprint density at radius 3 is 2.67 bits per heavy atom. The molecule has 92 valence electrons. The van der Waals surface area contributed by atoms with Gasteiger partial charge in [-0.1, -0.05) is 22.0 Å². The molecule has 0 heterocycles. The summed E-state index contributed by atoms with van der Waals surface area (Å²) in [4.78, 5) is 12.7. The molecule has 18 heavy (non-hydrogen) atoms. The minimum absolute atomic E-state index is 0.158. The molecule has 0 atom stereocenters. The van der Waals surface area contributed by atoms with Crippen LogP contribution in [0.25, 0.3) is 0 Å². The Hall–Kier alpha value is -0.530. The number of benzene rings is 2. The minimum atomic E-state index is -0.158. The van der Waals surface area contributed by atoms with Crippen molar-refractivity contribution >= 4 is 62.7 Å². The highest BCUT2D eigenvalue weighted by Gasteiger charge is 2.10. The number of nitrogens with one attached hydrogen (secondary N) is 1. The SMILES string of the molecule is O=C(Nc1cccc(I)c1)c1ccc(Br)cc1S. The van der Waals surface area contributed by atoms with Gasteiger partial charge in [-0.2, -0.15) is 0 Å². The summed E-state index contributed by atoms with van der Waals surface area (Å²) in [5.41, 5.74) is 1.34. The van der Waals surface area contributed by atoms with Gasteiger partial charge in [-0.05, 0) is 59.0 Å². The molecule has 0 bridgehead atoms. The van der Waals surface area contributed by atoms with Crippen molar-refractivity contribution in [1.82, 2.24) is 0 Å². The average Bonchev–Trinajstić information content (AvgIpc) is 2.28. The van der Waals surface area contributed by atoms with Crippen molar-refractivity contribution in [2.75, 3.05) is 5.32 Å². The number of anilines is 1. The zero-order valence-electron chi connectivity index (χ0n) is 9.15. The van der Waals surface area contributed by atoms with Gasteiger partial charge < -0.3 is 5.32 Å². The van der Waals surface area contributed by atoms with Crippen LogP contribution in [0, 0.1) is 3.57 Å². The van der Waals surface area contributed by atoms with Gasteiger partial charge in [-0.15, -0.1) is 12.6 Å². The van der Waals surface area contributed by atoms with E-state index in [1.807, 2.05) is 30.3 Å². The lowest BCUT2D eigenvalue weighted by molar-refractivity contribution is 0.102. The summed E-state index contributed by atoms with van der Waals surface area (Å²) >= 11 is 9.85. The minimum Gasteiger partial charge on any atom is -0.322 e. The van der Waals surface area contributed by atoms with Crippen LogP contribution in [0.3, 0.4) is 0 Å². The lowest BCUT2D eigenvalue weighted by atomic mass is 10.2. The number of hydrogen-bond donors (Lipinski definition) is 2. The summed E-state index contributed by atoms with van der Waals surface area (Å²) in [5.74, 6) is -0.158. The Kier molecular flexibility index (Phi) is 4.69. The third-order valence-corrected chi connectivity index (χ3v) is 3.82. The smallest absolute Gasteiger partial charge is 0.256 e. The van der Waals surface area contributed by atoms with Gasteiger partial charge in [0, 0.05) is 18.6 Å². The van der Waals surface area contributed by atoms with Crippen molar-refractivity contribution < 1.29 is 4.79 Å². The number of halogens is 2. The third kappa shape index (κ3) is 3.49. The third-order valence-electron chi connectivity index (χ3n) is 2.29. The summed E-state index contributed by atoms with van der Waals surface area (Å²) in [6, 6.07) is 13.0. The van der Waals surface area contributed by atoms with Crippen molar-refractivity contribution in [1.29, 1.82) is 0 Å². The number of rotatable bonds is 2. The second-order valence-electron chi connectivity index (χ2n) is 3.63. The van der Waals surface area contributed by atoms with E-state index in [9.17, 15) is 4.79 Å². The Labute approximate surface area is 133 Å². The Morgan fingerprint density at radius 2 is 2.00 bits per heavy atom. The zero-order valence-corrected chi connectivity index (χ0v) is 13.8. The largest absolute Gasteiger partial charge is 0.322 e. The molecule has 0 aromatic heterocycles. The lowest BCUT2D eigenvalue weighted by Crippen LogP contribution is -2.12. The van der Waals surface area contributed by atoms with Crippen LogP contribution in [0.1, 0.15) is 10.4 Å². The number of carbonyl (C=O) groups excluding carboxylic acids is 1. The number of hydrogen-bond acceptors (Lipinski definition) is 2. The van der Waals surface area contributed by atoms with Crippen LogP contribution < -0.4 is 5.32 Å². The highest BCUT2D eigenvalue weighted by atomic mass is 127. The maximum absolute atomic E-state index is 12.1. The van der Waals surface area contributed by atoms with Crippen LogP contribution in [-0.4, -0.2) is 5.91 Å². The van der Waals surface area contributed by atoms with Gasteiger partial charge in [-0.25, -0.2) is 0 Å². The number of carbonyl (C=O) groups is 1. The van der Waals surface area contributed by atoms with E-state index >= 15 is 0 Å². The van der Waals surface area contributed by atoms with Gasteiger partial charge in [0.05, 0.1) is 5.56 Å². The van der Waals surface area contributed by atoms with E-state index in [1.54, 1.807) is 12.1 Å². The molecule has 0 aliphatic heterocycles. The normalized spacial score (nSPS) is 10.2. The van der Waals surface area contributed by atoms with Crippen molar-refractivity contribution in [3.8, 4) is 0 Å². The zero-order chi connectivity index (χ0) is 13.1. The molecule has 1 N–H and O–H groups in total. The quantitative estimate of drug-likeness (QED) is 0.526. The molecular weight excluding hydrogens is 425 g/mol. The van der Waals surface area contributed by atoms with Crippen molar-refractivity contribution in [2.45, 2.75) is 4.90 Å². The Bertz CT molecular complexity index is 603. The van der Waals surface area contributed by atoms with E-state index in [0.717, 1.165) is 13.7 Å². The van der Waals surface area contributed by atoms with Crippen molar-refractivity contribution in [3.63, 3.8) is 0 Å². The van der Waals surface area contributed by atoms with Gasteiger partial charge in [0.1, 0.15) is 0 Å². The van der Waals surface area contributed by atoms with Gasteiger partial charge in [-0.3, -0.25) is 4.79 Å². The first-order chi connectivity index (χ1) is 8.56. The highest BCUT2D eigenvalue weighted by Crippen LogP contribution is 2.21. The fourth-order valence-corrected chi connectivity index (χ4v) is 2.86. The van der Waals surface area contributed by atoms with Crippen molar-refractivity contribution in [2.24, 2.45) is 0 Å². The van der Waals surface area contributed by atoms with Gasteiger partial charge in [0.15, 0.2) is 0 Å². The van der Waals surface area contributed by atoms with Crippen LogP contribution in [0.5, 0.6) is 0 Å². The molecule has 0 aliphatic carbocycles. The second-order valence-corrected chi connectivity index (χ2v) is 6.27. The van der Waals surface area contributed by atoms with E-state index < -0.39 is 0 Å². The van der Waals surface area contributed by atoms with Crippen LogP contribution in [0.2, 0.25) is 0 Å². The topological polar surface area (TPSA) is 29.1 Å². The number of amides is 1.